The van der Waals surface area contributed by atoms with Gasteiger partial charge in [0.15, 0.2) is 0 Å². The highest BCUT2D eigenvalue weighted by Gasteiger charge is 2.36. The molecule has 7 heteroatoms. The van der Waals surface area contributed by atoms with E-state index in [0.29, 0.717) is 25.9 Å². The predicted molar refractivity (Wildman–Crippen MR) is 89.4 cm³/mol. The summed E-state index contributed by atoms with van der Waals surface area (Å²) in [5, 5.41) is 5.63. The Balaban J connectivity index is 2.01. The van der Waals surface area contributed by atoms with Gasteiger partial charge in [0.25, 0.3) is 0 Å². The molecule has 24 heavy (non-hydrogen) atoms. The van der Waals surface area contributed by atoms with Gasteiger partial charge in [-0.1, -0.05) is 0 Å². The Morgan fingerprint density at radius 2 is 1.88 bits per heavy atom. The average molecular weight is 339 g/mol. The van der Waals surface area contributed by atoms with Crippen LogP contribution in [0.15, 0.2) is 0 Å². The summed E-state index contributed by atoms with van der Waals surface area (Å²) in [6, 6.07) is -1.08. The quantitative estimate of drug-likeness (QED) is 0.799. The molecule has 0 spiro atoms. The van der Waals surface area contributed by atoms with Crippen molar-refractivity contribution < 1.29 is 19.1 Å². The molecule has 0 aromatic heterocycles. The molecule has 2 rings (SSSR count). The van der Waals surface area contributed by atoms with E-state index in [1.165, 1.54) is 4.90 Å². The lowest BCUT2D eigenvalue weighted by atomic mass is 10.0. The molecule has 0 aromatic rings. The van der Waals surface area contributed by atoms with E-state index in [1.807, 2.05) is 0 Å². The first-order valence-corrected chi connectivity index (χ1v) is 8.85. The number of likely N-dealkylation sites (tertiary alicyclic amines) is 1. The normalized spacial score (nSPS) is 25.5. The van der Waals surface area contributed by atoms with Crippen molar-refractivity contribution in [1.82, 2.24) is 15.5 Å². The van der Waals surface area contributed by atoms with Gasteiger partial charge < -0.3 is 15.4 Å². The maximum Gasteiger partial charge on any atom is 0.410 e. The second-order valence-corrected chi connectivity index (χ2v) is 7.53. The minimum Gasteiger partial charge on any atom is -0.444 e. The number of carbonyl (C=O) groups is 3. The van der Waals surface area contributed by atoms with Gasteiger partial charge in [0.05, 0.1) is 0 Å². The number of piperidine rings is 1. The van der Waals surface area contributed by atoms with Crippen LogP contribution >= 0.6 is 0 Å². The molecule has 7 nitrogen and oxygen atoms in total. The monoisotopic (exact) mass is 339 g/mol. The van der Waals surface area contributed by atoms with Crippen molar-refractivity contribution in [2.75, 3.05) is 13.1 Å². The fourth-order valence-corrected chi connectivity index (χ4v) is 3.09. The van der Waals surface area contributed by atoms with Gasteiger partial charge in [0.1, 0.15) is 17.7 Å². The number of nitrogens with one attached hydrogen (secondary N) is 2. The van der Waals surface area contributed by atoms with E-state index in [9.17, 15) is 14.4 Å². The molecule has 0 unspecified atom stereocenters. The largest absolute Gasteiger partial charge is 0.444 e. The minimum absolute atomic E-state index is 0.138. The minimum atomic E-state index is -0.600. The van der Waals surface area contributed by atoms with Crippen LogP contribution in [0.2, 0.25) is 0 Å². The fraction of sp³-hybridized carbons (Fsp3) is 0.824. The van der Waals surface area contributed by atoms with E-state index in [0.717, 1.165) is 25.7 Å². The summed E-state index contributed by atoms with van der Waals surface area (Å²) in [5.41, 5.74) is -0.600. The molecule has 2 aliphatic rings. The fourth-order valence-electron chi connectivity index (χ4n) is 3.09. The van der Waals surface area contributed by atoms with Crippen molar-refractivity contribution >= 4 is 17.9 Å². The summed E-state index contributed by atoms with van der Waals surface area (Å²) < 4.78 is 5.42. The van der Waals surface area contributed by atoms with Crippen LogP contribution in [0.1, 0.15) is 59.3 Å². The van der Waals surface area contributed by atoms with Gasteiger partial charge in [-0.2, -0.15) is 0 Å². The van der Waals surface area contributed by atoms with Crippen LogP contribution in [0.25, 0.3) is 0 Å². The van der Waals surface area contributed by atoms with E-state index in [4.69, 9.17) is 4.74 Å². The molecule has 0 aromatic carbocycles. The molecule has 2 saturated heterocycles. The molecule has 3 amide bonds. The first-order valence-electron chi connectivity index (χ1n) is 8.85. The van der Waals surface area contributed by atoms with Crippen molar-refractivity contribution in [3.8, 4) is 0 Å². The van der Waals surface area contributed by atoms with Crippen molar-refractivity contribution in [1.29, 1.82) is 0 Å². The first-order chi connectivity index (χ1) is 11.3. The Bertz CT molecular complexity index is 487. The molecule has 2 heterocycles. The molecule has 2 fully saturated rings. The number of carbonyl (C=O) groups excluding carboxylic acids is 3. The Morgan fingerprint density at radius 1 is 1.17 bits per heavy atom. The van der Waals surface area contributed by atoms with Crippen LogP contribution in [0.3, 0.4) is 0 Å². The third kappa shape index (κ3) is 5.11. The van der Waals surface area contributed by atoms with Gasteiger partial charge in [-0.15, -0.1) is 0 Å². The highest BCUT2D eigenvalue weighted by molar-refractivity contribution is 5.91. The number of hydrogen-bond donors (Lipinski definition) is 2. The topological polar surface area (TPSA) is 87.7 Å². The summed E-state index contributed by atoms with van der Waals surface area (Å²) in [4.78, 5) is 38.6. The summed E-state index contributed by atoms with van der Waals surface area (Å²) in [7, 11) is 0. The maximum absolute atomic E-state index is 12.7. The van der Waals surface area contributed by atoms with Crippen molar-refractivity contribution in [2.24, 2.45) is 0 Å². The van der Waals surface area contributed by atoms with Crippen LogP contribution in [0, 0.1) is 0 Å². The molecule has 136 valence electrons. The van der Waals surface area contributed by atoms with Gasteiger partial charge in [0, 0.05) is 13.1 Å². The third-order valence-corrected chi connectivity index (χ3v) is 4.29. The summed E-state index contributed by atoms with van der Waals surface area (Å²) >= 11 is 0. The van der Waals surface area contributed by atoms with E-state index in [2.05, 4.69) is 10.6 Å². The molecule has 0 bridgehead atoms. The lowest BCUT2D eigenvalue weighted by Crippen LogP contribution is -2.56. The molecule has 0 saturated carbocycles. The number of nitrogens with zero attached hydrogens (tertiary/aromatic N) is 1. The van der Waals surface area contributed by atoms with Crippen LogP contribution in [0.5, 0.6) is 0 Å². The summed E-state index contributed by atoms with van der Waals surface area (Å²) in [6.45, 7) is 6.57. The third-order valence-electron chi connectivity index (χ3n) is 4.29. The van der Waals surface area contributed by atoms with Gasteiger partial charge in [-0.25, -0.2) is 4.79 Å². The van der Waals surface area contributed by atoms with E-state index >= 15 is 0 Å². The first kappa shape index (κ1) is 18.5. The van der Waals surface area contributed by atoms with Gasteiger partial charge >= 0.3 is 6.09 Å². The second-order valence-electron chi connectivity index (χ2n) is 7.53. The van der Waals surface area contributed by atoms with Gasteiger partial charge in [0.2, 0.25) is 11.8 Å². The highest BCUT2D eigenvalue weighted by Crippen LogP contribution is 2.21. The lowest BCUT2D eigenvalue weighted by molar-refractivity contribution is -0.132. The summed E-state index contributed by atoms with van der Waals surface area (Å²) in [5.74, 6) is -0.400. The Labute approximate surface area is 143 Å². The van der Waals surface area contributed by atoms with Gasteiger partial charge in [-0.05, 0) is 59.3 Å². The lowest BCUT2D eigenvalue weighted by Gasteiger charge is -2.36. The van der Waals surface area contributed by atoms with Crippen molar-refractivity contribution in [2.45, 2.75) is 77.0 Å². The number of ether oxygens (including phenoxy) is 1. The number of rotatable bonds is 2. The zero-order chi connectivity index (χ0) is 17.7. The Morgan fingerprint density at radius 3 is 2.58 bits per heavy atom. The van der Waals surface area contributed by atoms with Crippen molar-refractivity contribution in [3.05, 3.63) is 0 Å². The van der Waals surface area contributed by atoms with E-state index in [1.54, 1.807) is 20.8 Å². The van der Waals surface area contributed by atoms with Crippen LogP contribution in [0.4, 0.5) is 4.79 Å². The van der Waals surface area contributed by atoms with Crippen LogP contribution in [-0.4, -0.2) is 53.6 Å². The van der Waals surface area contributed by atoms with Gasteiger partial charge in [-0.3, -0.25) is 14.5 Å². The maximum atomic E-state index is 12.7. The number of hydrogen-bond acceptors (Lipinski definition) is 4. The smallest absolute Gasteiger partial charge is 0.410 e. The van der Waals surface area contributed by atoms with Crippen LogP contribution in [-0.2, 0) is 14.3 Å². The van der Waals surface area contributed by atoms with E-state index < -0.39 is 23.8 Å². The standard InChI is InChI=1S/C17H29N3O4/c1-17(2,3)24-16(23)20-11-7-5-9-13(20)15(22)19-12-8-4-6-10-18-14(12)21/h12-13H,4-11H2,1-3H3,(H,18,21)(H,19,22)/t12-,13-/m1/s1. The molecule has 0 radical (unpaired) electrons. The van der Waals surface area contributed by atoms with E-state index in [-0.39, 0.29) is 11.8 Å². The number of amides is 3. The highest BCUT2D eigenvalue weighted by atomic mass is 16.6. The SMILES string of the molecule is CC(C)(C)OC(=O)N1CCCC[C@@H]1C(=O)N[C@@H]1CCCCNC1=O. The average Bonchev–Trinajstić information content (AvgIpc) is 2.70. The molecule has 2 atom stereocenters. The second kappa shape index (κ2) is 7.85. The molecule has 0 aliphatic carbocycles. The van der Waals surface area contributed by atoms with Crippen molar-refractivity contribution in [3.63, 3.8) is 0 Å². The zero-order valence-electron chi connectivity index (χ0n) is 14.9. The molecule has 2 aliphatic heterocycles. The molecular formula is C17H29N3O4. The summed E-state index contributed by atoms with van der Waals surface area (Å²) in [6.07, 6.45) is 4.32. The predicted octanol–water partition coefficient (Wildman–Crippen LogP) is 1.56. The Kier molecular flexibility index (Phi) is 6.07. The molecular weight excluding hydrogens is 310 g/mol. The molecule has 2 N–H and O–H groups in total. The van der Waals surface area contributed by atoms with Crippen LogP contribution < -0.4 is 10.6 Å². The Hall–Kier alpha value is -1.79. The zero-order valence-corrected chi connectivity index (χ0v) is 14.9.